The standard InChI is InChI=1S/C25H25ClFNO6/c1-14(9-11-21(30)34-19-7-5-4-6-18(19)26)8-10-16-23(28-20(29)12-27)22-17(13-33-25(22)31)15(2)24(16)32-3/h4-8H,9-13H2,1-3H3,(H,28,29)/b14-8+. The zero-order valence-corrected chi connectivity index (χ0v) is 19.9. The molecule has 0 saturated carbocycles. The Hall–Kier alpha value is -3.39. The summed E-state index contributed by atoms with van der Waals surface area (Å²) in [5.74, 6) is -1.11. The fourth-order valence-corrected chi connectivity index (χ4v) is 3.92. The molecule has 1 amide bonds. The molecule has 0 atom stereocenters. The summed E-state index contributed by atoms with van der Waals surface area (Å²) < 4.78 is 29.0. The van der Waals surface area contributed by atoms with Gasteiger partial charge >= 0.3 is 11.9 Å². The van der Waals surface area contributed by atoms with Gasteiger partial charge in [-0.1, -0.05) is 35.4 Å². The number of anilines is 1. The number of halogens is 2. The van der Waals surface area contributed by atoms with Crippen molar-refractivity contribution in [3.8, 4) is 11.5 Å². The van der Waals surface area contributed by atoms with Gasteiger partial charge in [0.15, 0.2) is 6.67 Å². The van der Waals surface area contributed by atoms with Crippen molar-refractivity contribution in [1.29, 1.82) is 0 Å². The second-order valence-corrected chi connectivity index (χ2v) is 8.19. The molecule has 0 fully saturated rings. The minimum absolute atomic E-state index is 0.0531. The molecule has 0 spiro atoms. The number of fused-ring (bicyclic) bond motifs is 1. The molecular formula is C25H25ClFNO6. The van der Waals surface area contributed by atoms with Crippen molar-refractivity contribution >= 4 is 35.1 Å². The first-order valence-corrected chi connectivity index (χ1v) is 11.0. The topological polar surface area (TPSA) is 90.9 Å². The summed E-state index contributed by atoms with van der Waals surface area (Å²) in [5.41, 5.74) is 3.11. The number of hydrogen-bond acceptors (Lipinski definition) is 6. The molecule has 0 saturated heterocycles. The SMILES string of the molecule is COc1c(C)c2c(c(NC(=O)CF)c1C/C=C(\C)CCC(=O)Oc1ccccc1Cl)C(=O)OC2. The number of cyclic esters (lactones) is 1. The van der Waals surface area contributed by atoms with E-state index in [1.807, 2.05) is 13.0 Å². The fraction of sp³-hybridized carbons (Fsp3) is 0.320. The molecule has 1 heterocycles. The van der Waals surface area contributed by atoms with E-state index in [0.29, 0.717) is 39.6 Å². The molecule has 34 heavy (non-hydrogen) atoms. The van der Waals surface area contributed by atoms with Crippen LogP contribution in [0.3, 0.4) is 0 Å². The summed E-state index contributed by atoms with van der Waals surface area (Å²) in [7, 11) is 1.48. The lowest BCUT2D eigenvalue weighted by atomic mass is 9.93. The maximum Gasteiger partial charge on any atom is 0.341 e. The summed E-state index contributed by atoms with van der Waals surface area (Å²) >= 11 is 6.01. The van der Waals surface area contributed by atoms with Crippen LogP contribution in [0.15, 0.2) is 35.9 Å². The van der Waals surface area contributed by atoms with E-state index < -0.39 is 24.5 Å². The van der Waals surface area contributed by atoms with Crippen molar-refractivity contribution in [3.63, 3.8) is 0 Å². The maximum absolute atomic E-state index is 13.0. The first-order chi connectivity index (χ1) is 16.3. The number of hydrogen-bond donors (Lipinski definition) is 1. The molecule has 0 aliphatic carbocycles. The number of nitrogens with one attached hydrogen (secondary N) is 1. The van der Waals surface area contributed by atoms with Gasteiger partial charge in [-0.2, -0.15) is 0 Å². The quantitative estimate of drug-likeness (QED) is 0.299. The predicted molar refractivity (Wildman–Crippen MR) is 125 cm³/mol. The largest absolute Gasteiger partial charge is 0.496 e. The van der Waals surface area contributed by atoms with E-state index >= 15 is 0 Å². The highest BCUT2D eigenvalue weighted by Crippen LogP contribution is 2.41. The van der Waals surface area contributed by atoms with Crippen LogP contribution in [0.2, 0.25) is 5.02 Å². The normalized spacial score (nSPS) is 12.7. The molecule has 0 radical (unpaired) electrons. The molecule has 9 heteroatoms. The number of esters is 2. The Kier molecular flexibility index (Phi) is 8.28. The Labute approximate surface area is 201 Å². The number of methoxy groups -OCH3 is 1. The van der Waals surface area contributed by atoms with Gasteiger partial charge in [0.2, 0.25) is 0 Å². The van der Waals surface area contributed by atoms with Crippen LogP contribution < -0.4 is 14.8 Å². The number of para-hydroxylation sites is 1. The van der Waals surface area contributed by atoms with Crippen LogP contribution in [-0.2, 0) is 27.4 Å². The minimum Gasteiger partial charge on any atom is -0.496 e. The van der Waals surface area contributed by atoms with Crippen molar-refractivity contribution in [2.75, 3.05) is 19.1 Å². The summed E-state index contributed by atoms with van der Waals surface area (Å²) in [6, 6.07) is 6.71. The van der Waals surface area contributed by atoms with Gasteiger partial charge in [0.05, 0.1) is 23.4 Å². The predicted octanol–water partition coefficient (Wildman–Crippen LogP) is 5.11. The first-order valence-electron chi connectivity index (χ1n) is 10.6. The van der Waals surface area contributed by atoms with Crippen molar-refractivity contribution in [1.82, 2.24) is 0 Å². The van der Waals surface area contributed by atoms with Crippen LogP contribution in [-0.4, -0.2) is 31.6 Å². The lowest BCUT2D eigenvalue weighted by Gasteiger charge is -2.19. The van der Waals surface area contributed by atoms with Crippen LogP contribution in [0.25, 0.3) is 0 Å². The third-order valence-corrected chi connectivity index (χ3v) is 5.81. The molecule has 0 unspecified atom stereocenters. The van der Waals surface area contributed by atoms with E-state index in [-0.39, 0.29) is 30.7 Å². The molecule has 1 aliphatic heterocycles. The summed E-state index contributed by atoms with van der Waals surface area (Å²) in [4.78, 5) is 36.4. The molecule has 7 nitrogen and oxygen atoms in total. The Morgan fingerprint density at radius 1 is 1.26 bits per heavy atom. The number of allylic oxidation sites excluding steroid dienone is 2. The number of benzene rings is 2. The van der Waals surface area contributed by atoms with E-state index in [1.165, 1.54) is 7.11 Å². The van der Waals surface area contributed by atoms with Gasteiger partial charge in [-0.05, 0) is 44.4 Å². The molecule has 180 valence electrons. The summed E-state index contributed by atoms with van der Waals surface area (Å²) in [6.07, 6.45) is 2.69. The average molecular weight is 490 g/mol. The number of carbonyl (C=O) groups is 3. The van der Waals surface area contributed by atoms with Crippen LogP contribution in [0.5, 0.6) is 11.5 Å². The van der Waals surface area contributed by atoms with Gasteiger partial charge in [0, 0.05) is 17.5 Å². The first kappa shape index (κ1) is 25.2. The Morgan fingerprint density at radius 3 is 2.68 bits per heavy atom. The monoisotopic (exact) mass is 489 g/mol. The molecule has 1 aliphatic rings. The van der Waals surface area contributed by atoms with Crippen molar-refractivity contribution < 1.29 is 33.0 Å². The third-order valence-electron chi connectivity index (χ3n) is 5.50. The van der Waals surface area contributed by atoms with Crippen LogP contribution in [0, 0.1) is 6.92 Å². The number of amides is 1. The van der Waals surface area contributed by atoms with Gasteiger partial charge in [0.25, 0.3) is 5.91 Å². The second kappa shape index (κ2) is 11.2. The zero-order valence-electron chi connectivity index (χ0n) is 19.1. The highest BCUT2D eigenvalue weighted by Gasteiger charge is 2.32. The minimum atomic E-state index is -1.23. The molecule has 2 aromatic carbocycles. The van der Waals surface area contributed by atoms with Crippen molar-refractivity contribution in [2.24, 2.45) is 0 Å². The van der Waals surface area contributed by atoms with Crippen LogP contribution >= 0.6 is 11.6 Å². The van der Waals surface area contributed by atoms with Gasteiger partial charge in [0.1, 0.15) is 18.1 Å². The molecule has 0 bridgehead atoms. The zero-order chi connectivity index (χ0) is 24.8. The number of carbonyl (C=O) groups excluding carboxylic acids is 3. The van der Waals surface area contributed by atoms with E-state index in [2.05, 4.69) is 5.32 Å². The molecule has 1 N–H and O–H groups in total. The van der Waals surface area contributed by atoms with Crippen molar-refractivity contribution in [3.05, 3.63) is 63.2 Å². The molecule has 2 aromatic rings. The van der Waals surface area contributed by atoms with Gasteiger partial charge in [-0.25, -0.2) is 9.18 Å². The number of alkyl halides is 1. The number of ether oxygens (including phenoxy) is 3. The summed E-state index contributed by atoms with van der Waals surface area (Å²) in [6.45, 7) is 2.47. The summed E-state index contributed by atoms with van der Waals surface area (Å²) in [5, 5.41) is 2.84. The smallest absolute Gasteiger partial charge is 0.341 e. The highest BCUT2D eigenvalue weighted by molar-refractivity contribution is 6.32. The van der Waals surface area contributed by atoms with E-state index in [4.69, 9.17) is 25.8 Å². The Morgan fingerprint density at radius 2 is 2.00 bits per heavy atom. The molecule has 0 aromatic heterocycles. The maximum atomic E-state index is 13.0. The van der Waals surface area contributed by atoms with Gasteiger partial charge < -0.3 is 19.5 Å². The van der Waals surface area contributed by atoms with Crippen molar-refractivity contribution in [2.45, 2.75) is 39.7 Å². The lowest BCUT2D eigenvalue weighted by Crippen LogP contribution is -2.18. The molecule has 3 rings (SSSR count). The van der Waals surface area contributed by atoms with E-state index in [0.717, 1.165) is 5.57 Å². The van der Waals surface area contributed by atoms with E-state index in [9.17, 15) is 18.8 Å². The lowest BCUT2D eigenvalue weighted by molar-refractivity contribution is -0.134. The Bertz CT molecular complexity index is 1160. The average Bonchev–Trinajstić information content (AvgIpc) is 3.21. The molecular weight excluding hydrogens is 465 g/mol. The fourth-order valence-electron chi connectivity index (χ4n) is 3.74. The van der Waals surface area contributed by atoms with Gasteiger partial charge in [-0.3, -0.25) is 9.59 Å². The third kappa shape index (κ3) is 5.56. The highest BCUT2D eigenvalue weighted by atomic mass is 35.5. The Balaban J connectivity index is 1.81. The van der Waals surface area contributed by atoms with E-state index in [1.54, 1.807) is 31.2 Å². The second-order valence-electron chi connectivity index (χ2n) is 7.78. The number of rotatable bonds is 9. The van der Waals surface area contributed by atoms with Crippen LogP contribution in [0.1, 0.15) is 46.8 Å². The van der Waals surface area contributed by atoms with Gasteiger partial charge in [-0.15, -0.1) is 0 Å². The van der Waals surface area contributed by atoms with Crippen LogP contribution in [0.4, 0.5) is 10.1 Å².